The lowest BCUT2D eigenvalue weighted by atomic mass is 9.79. The minimum absolute atomic E-state index is 0.0709. The molecule has 0 aromatic carbocycles. The van der Waals surface area contributed by atoms with E-state index in [9.17, 15) is 14.7 Å². The third kappa shape index (κ3) is 9.43. The zero-order valence-corrected chi connectivity index (χ0v) is 18.6. The van der Waals surface area contributed by atoms with Crippen LogP contribution < -0.4 is 0 Å². The Morgan fingerprint density at radius 2 is 1.43 bits per heavy atom. The number of aliphatic carboxylic acids is 1. The molecule has 0 aromatic rings. The van der Waals surface area contributed by atoms with Crippen molar-refractivity contribution in [2.24, 2.45) is 17.8 Å². The van der Waals surface area contributed by atoms with Crippen LogP contribution in [0.5, 0.6) is 0 Å². The van der Waals surface area contributed by atoms with Gasteiger partial charge in [0, 0.05) is 0 Å². The van der Waals surface area contributed by atoms with E-state index in [1.165, 1.54) is 51.4 Å². The molecule has 4 heteroatoms. The van der Waals surface area contributed by atoms with E-state index in [4.69, 9.17) is 4.74 Å². The molecule has 1 saturated carbocycles. The average Bonchev–Trinajstić information content (AvgIpc) is 2.70. The molecule has 1 aliphatic rings. The van der Waals surface area contributed by atoms with E-state index in [2.05, 4.69) is 20.8 Å². The molecule has 4 nitrogen and oxygen atoms in total. The number of carbonyl (C=O) groups is 2. The van der Waals surface area contributed by atoms with Crippen LogP contribution in [-0.2, 0) is 14.3 Å². The standard InChI is InChI=1S/C24H44O4/c1-4-6-7-8-9-10-11-12-13-18-22(19(3)5-2)28-24(27)21-17-15-14-16-20(21)23(25)26/h19-22H,4-18H2,1-3H3,(H,25,26). The Morgan fingerprint density at radius 1 is 0.893 bits per heavy atom. The number of carboxylic acids is 1. The second kappa shape index (κ2) is 14.9. The van der Waals surface area contributed by atoms with Gasteiger partial charge in [-0.3, -0.25) is 9.59 Å². The van der Waals surface area contributed by atoms with Gasteiger partial charge in [-0.05, 0) is 31.6 Å². The fraction of sp³-hybridized carbons (Fsp3) is 0.917. The quantitative estimate of drug-likeness (QED) is 0.245. The first-order valence-corrected chi connectivity index (χ1v) is 11.9. The summed E-state index contributed by atoms with van der Waals surface area (Å²) < 4.78 is 5.89. The van der Waals surface area contributed by atoms with Gasteiger partial charge in [-0.1, -0.05) is 91.4 Å². The molecule has 0 amide bonds. The number of carboxylic acid groups (broad SMARTS) is 1. The lowest BCUT2D eigenvalue weighted by Crippen LogP contribution is -2.37. The van der Waals surface area contributed by atoms with E-state index in [-0.39, 0.29) is 12.1 Å². The monoisotopic (exact) mass is 396 g/mol. The normalized spacial score (nSPS) is 21.8. The summed E-state index contributed by atoms with van der Waals surface area (Å²) >= 11 is 0. The third-order valence-corrected chi connectivity index (χ3v) is 6.52. The molecule has 4 atom stereocenters. The van der Waals surface area contributed by atoms with Gasteiger partial charge < -0.3 is 9.84 Å². The Balaban J connectivity index is 2.37. The molecule has 0 saturated heterocycles. The van der Waals surface area contributed by atoms with Gasteiger partial charge >= 0.3 is 11.9 Å². The molecule has 1 fully saturated rings. The first-order valence-electron chi connectivity index (χ1n) is 11.9. The van der Waals surface area contributed by atoms with Gasteiger partial charge in [0.05, 0.1) is 11.8 Å². The summed E-state index contributed by atoms with van der Waals surface area (Å²) in [4.78, 5) is 24.2. The predicted molar refractivity (Wildman–Crippen MR) is 114 cm³/mol. The molecule has 28 heavy (non-hydrogen) atoms. The van der Waals surface area contributed by atoms with Gasteiger partial charge in [-0.15, -0.1) is 0 Å². The third-order valence-electron chi connectivity index (χ3n) is 6.52. The average molecular weight is 397 g/mol. The number of ether oxygens (including phenoxy) is 1. The fourth-order valence-electron chi connectivity index (χ4n) is 4.32. The molecule has 0 aromatic heterocycles. The van der Waals surface area contributed by atoms with Crippen LogP contribution in [0.25, 0.3) is 0 Å². The smallest absolute Gasteiger partial charge is 0.310 e. The molecular formula is C24H44O4. The predicted octanol–water partition coefficient (Wildman–Crippen LogP) is 6.76. The Kier molecular flexibility index (Phi) is 13.3. The van der Waals surface area contributed by atoms with Crippen molar-refractivity contribution in [2.75, 3.05) is 0 Å². The SMILES string of the molecule is CCCCCCCCCCCC(OC(=O)C1CCCCC1C(=O)O)C(C)CC. The highest BCUT2D eigenvalue weighted by Crippen LogP contribution is 2.32. The molecule has 0 bridgehead atoms. The van der Waals surface area contributed by atoms with E-state index >= 15 is 0 Å². The second-order valence-corrected chi connectivity index (χ2v) is 8.81. The molecule has 164 valence electrons. The van der Waals surface area contributed by atoms with E-state index < -0.39 is 17.8 Å². The minimum Gasteiger partial charge on any atom is -0.481 e. The minimum atomic E-state index is -0.847. The summed E-state index contributed by atoms with van der Waals surface area (Å²) in [5.74, 6) is -1.81. The fourth-order valence-corrected chi connectivity index (χ4v) is 4.32. The first kappa shape index (κ1) is 25.0. The molecular weight excluding hydrogens is 352 g/mol. The summed E-state index contributed by atoms with van der Waals surface area (Å²) in [7, 11) is 0. The van der Waals surface area contributed by atoms with E-state index in [0.29, 0.717) is 18.8 Å². The Bertz CT molecular complexity index is 434. The van der Waals surface area contributed by atoms with Crippen LogP contribution in [-0.4, -0.2) is 23.1 Å². The zero-order valence-electron chi connectivity index (χ0n) is 18.6. The van der Waals surface area contributed by atoms with Crippen molar-refractivity contribution in [3.63, 3.8) is 0 Å². The van der Waals surface area contributed by atoms with Gasteiger partial charge in [0.2, 0.25) is 0 Å². The van der Waals surface area contributed by atoms with Crippen LogP contribution in [0.4, 0.5) is 0 Å². The molecule has 0 radical (unpaired) electrons. The summed E-state index contributed by atoms with van der Waals surface area (Å²) in [5, 5.41) is 9.43. The van der Waals surface area contributed by atoms with Crippen molar-refractivity contribution in [1.82, 2.24) is 0 Å². The van der Waals surface area contributed by atoms with Crippen LogP contribution in [0.1, 0.15) is 117 Å². The highest BCUT2D eigenvalue weighted by molar-refractivity contribution is 5.81. The number of hydrogen-bond acceptors (Lipinski definition) is 3. The highest BCUT2D eigenvalue weighted by Gasteiger charge is 2.38. The van der Waals surface area contributed by atoms with Gasteiger partial charge in [0.1, 0.15) is 6.10 Å². The maximum atomic E-state index is 12.7. The number of rotatable bonds is 15. The number of carbonyl (C=O) groups excluding carboxylic acids is 1. The number of hydrogen-bond donors (Lipinski definition) is 1. The van der Waals surface area contributed by atoms with Gasteiger partial charge in [0.15, 0.2) is 0 Å². The maximum absolute atomic E-state index is 12.7. The topological polar surface area (TPSA) is 63.6 Å². The van der Waals surface area contributed by atoms with E-state index in [1.807, 2.05) is 0 Å². The highest BCUT2D eigenvalue weighted by atomic mass is 16.5. The van der Waals surface area contributed by atoms with Crippen LogP contribution in [0, 0.1) is 17.8 Å². The van der Waals surface area contributed by atoms with Gasteiger partial charge in [-0.2, -0.15) is 0 Å². The van der Waals surface area contributed by atoms with Crippen molar-refractivity contribution in [3.8, 4) is 0 Å². The summed E-state index contributed by atoms with van der Waals surface area (Å²) in [5.41, 5.74) is 0. The van der Waals surface area contributed by atoms with E-state index in [1.54, 1.807) is 0 Å². The van der Waals surface area contributed by atoms with Gasteiger partial charge in [-0.25, -0.2) is 0 Å². The van der Waals surface area contributed by atoms with Crippen LogP contribution in [0.2, 0.25) is 0 Å². The number of unbranched alkanes of at least 4 members (excludes halogenated alkanes) is 8. The summed E-state index contributed by atoms with van der Waals surface area (Å²) in [6, 6.07) is 0. The number of esters is 1. The molecule has 1 rings (SSSR count). The Labute approximate surface area is 172 Å². The molecule has 0 spiro atoms. The maximum Gasteiger partial charge on any atom is 0.310 e. The van der Waals surface area contributed by atoms with Crippen molar-refractivity contribution in [2.45, 2.75) is 123 Å². The van der Waals surface area contributed by atoms with Crippen molar-refractivity contribution < 1.29 is 19.4 Å². The lowest BCUT2D eigenvalue weighted by molar-refractivity contribution is -0.166. The summed E-state index contributed by atoms with van der Waals surface area (Å²) in [6.45, 7) is 6.51. The second-order valence-electron chi connectivity index (χ2n) is 8.81. The van der Waals surface area contributed by atoms with Crippen LogP contribution >= 0.6 is 0 Å². The zero-order chi connectivity index (χ0) is 20.8. The van der Waals surface area contributed by atoms with Crippen molar-refractivity contribution >= 4 is 11.9 Å². The molecule has 1 N–H and O–H groups in total. The Hall–Kier alpha value is -1.06. The molecule has 0 aliphatic heterocycles. The molecule has 0 heterocycles. The first-order chi connectivity index (χ1) is 13.5. The largest absolute Gasteiger partial charge is 0.481 e. The molecule has 1 aliphatic carbocycles. The van der Waals surface area contributed by atoms with Crippen molar-refractivity contribution in [3.05, 3.63) is 0 Å². The lowest BCUT2D eigenvalue weighted by Gasteiger charge is -2.30. The van der Waals surface area contributed by atoms with E-state index in [0.717, 1.165) is 32.1 Å². The summed E-state index contributed by atoms with van der Waals surface area (Å²) in [6.07, 6.45) is 16.4. The molecule has 4 unspecified atom stereocenters. The Morgan fingerprint density at radius 3 is 1.96 bits per heavy atom. The van der Waals surface area contributed by atoms with Crippen LogP contribution in [0.15, 0.2) is 0 Å². The van der Waals surface area contributed by atoms with Gasteiger partial charge in [0.25, 0.3) is 0 Å². The van der Waals surface area contributed by atoms with Crippen LogP contribution in [0.3, 0.4) is 0 Å². The van der Waals surface area contributed by atoms with Crippen molar-refractivity contribution in [1.29, 1.82) is 0 Å².